The van der Waals surface area contributed by atoms with Gasteiger partial charge in [0.05, 0.1) is 19.0 Å². The Morgan fingerprint density at radius 3 is 2.74 bits per heavy atom. The van der Waals surface area contributed by atoms with Gasteiger partial charge < -0.3 is 25.4 Å². The highest BCUT2D eigenvalue weighted by molar-refractivity contribution is 5.81. The van der Waals surface area contributed by atoms with Gasteiger partial charge in [0.2, 0.25) is 0 Å². The fraction of sp³-hybridized carbons (Fsp3) is 0.389. The highest BCUT2D eigenvalue weighted by Gasteiger charge is 2.44. The molecule has 9 nitrogen and oxygen atoms in total. The minimum Gasteiger partial charge on any atom is -0.387 e. The number of aliphatic hydroxyl groups excluding tert-OH is 2. The number of nitrogen functional groups attached to an aromatic ring is 1. The van der Waals surface area contributed by atoms with E-state index in [1.165, 1.54) is 12.7 Å². The first kappa shape index (κ1) is 17.8. The van der Waals surface area contributed by atoms with Crippen molar-refractivity contribution >= 4 is 17.0 Å². The molecule has 4 N–H and O–H groups in total. The maximum atomic E-state index is 10.5. The lowest BCUT2D eigenvalue weighted by Gasteiger charge is -2.19. The van der Waals surface area contributed by atoms with Gasteiger partial charge in [0.1, 0.15) is 30.2 Å². The number of fused-ring (bicyclic) bond motifs is 1. The summed E-state index contributed by atoms with van der Waals surface area (Å²) in [4.78, 5) is 12.2. The summed E-state index contributed by atoms with van der Waals surface area (Å²) in [5.41, 5.74) is 7.66. The van der Waals surface area contributed by atoms with Crippen LogP contribution in [0, 0.1) is 0 Å². The monoisotopic (exact) mass is 371 g/mol. The molecule has 0 aliphatic carbocycles. The van der Waals surface area contributed by atoms with Crippen LogP contribution in [0.25, 0.3) is 11.2 Å². The van der Waals surface area contributed by atoms with Crippen molar-refractivity contribution in [2.45, 2.75) is 37.6 Å². The topological polar surface area (TPSA) is 129 Å². The summed E-state index contributed by atoms with van der Waals surface area (Å²) in [6.07, 6.45) is -1.18. The molecule has 3 heterocycles. The Labute approximate surface area is 155 Å². The zero-order valence-corrected chi connectivity index (χ0v) is 14.7. The van der Waals surface area contributed by atoms with Crippen LogP contribution < -0.4 is 5.73 Å². The molecule has 4 rings (SSSR count). The third-order valence-electron chi connectivity index (χ3n) is 4.78. The van der Waals surface area contributed by atoms with E-state index < -0.39 is 24.5 Å². The molecular weight excluding hydrogens is 350 g/mol. The largest absolute Gasteiger partial charge is 0.387 e. The first-order valence-corrected chi connectivity index (χ1v) is 8.67. The smallest absolute Gasteiger partial charge is 0.167 e. The molecule has 142 valence electrons. The van der Waals surface area contributed by atoms with Gasteiger partial charge in [0.25, 0.3) is 0 Å². The van der Waals surface area contributed by atoms with Crippen molar-refractivity contribution in [3.8, 4) is 0 Å². The molecule has 9 heteroatoms. The van der Waals surface area contributed by atoms with Crippen LogP contribution >= 0.6 is 0 Å². The number of benzene rings is 1. The van der Waals surface area contributed by atoms with Crippen molar-refractivity contribution < 1.29 is 19.7 Å². The van der Waals surface area contributed by atoms with E-state index in [1.807, 2.05) is 37.3 Å². The van der Waals surface area contributed by atoms with Crippen LogP contribution in [-0.2, 0) is 9.47 Å². The van der Waals surface area contributed by atoms with Crippen molar-refractivity contribution in [3.63, 3.8) is 0 Å². The fourth-order valence-electron chi connectivity index (χ4n) is 3.21. The molecule has 0 amide bonds. The van der Waals surface area contributed by atoms with E-state index >= 15 is 0 Å². The molecule has 1 saturated heterocycles. The lowest BCUT2D eigenvalue weighted by molar-refractivity contribution is -0.0788. The van der Waals surface area contributed by atoms with Gasteiger partial charge in [0.15, 0.2) is 17.7 Å². The molecule has 1 aliphatic rings. The molecule has 1 unspecified atom stereocenters. The van der Waals surface area contributed by atoms with E-state index in [-0.39, 0.29) is 18.5 Å². The Morgan fingerprint density at radius 1 is 1.19 bits per heavy atom. The maximum absolute atomic E-state index is 10.5. The van der Waals surface area contributed by atoms with Crippen molar-refractivity contribution in [1.29, 1.82) is 0 Å². The fourth-order valence-corrected chi connectivity index (χ4v) is 3.21. The number of aromatic nitrogens is 4. The standard InChI is InChI=1S/C18H21N5O4/c1-10(11-5-3-2-4-6-11)26-7-12-14(24)15(25)18(27-12)23-9-22-13-16(19)20-8-21-17(13)23/h2-6,8-10,12,14-15,18,24-25H,7H2,1H3,(H2,19,20,21)/t10?,12-,14-,15-,18-/m1/s1. The molecule has 1 aliphatic heterocycles. The number of nitrogens with zero attached hydrogens (tertiary/aromatic N) is 4. The van der Waals surface area contributed by atoms with Gasteiger partial charge in [-0.2, -0.15) is 0 Å². The van der Waals surface area contributed by atoms with Crippen molar-refractivity contribution in [2.75, 3.05) is 12.3 Å². The third kappa shape index (κ3) is 3.26. The minimum atomic E-state index is -1.15. The lowest BCUT2D eigenvalue weighted by atomic mass is 10.1. The highest BCUT2D eigenvalue weighted by atomic mass is 16.6. The molecule has 1 fully saturated rings. The molecule has 0 saturated carbocycles. The number of hydrogen-bond donors (Lipinski definition) is 3. The number of ether oxygens (including phenoxy) is 2. The summed E-state index contributed by atoms with van der Waals surface area (Å²) >= 11 is 0. The molecule has 0 bridgehead atoms. The zero-order valence-electron chi connectivity index (χ0n) is 14.7. The van der Waals surface area contributed by atoms with E-state index in [0.29, 0.717) is 11.2 Å². The van der Waals surface area contributed by atoms with E-state index in [1.54, 1.807) is 4.57 Å². The van der Waals surface area contributed by atoms with Gasteiger partial charge in [0, 0.05) is 0 Å². The second-order valence-electron chi connectivity index (χ2n) is 6.52. The van der Waals surface area contributed by atoms with Gasteiger partial charge in [-0.3, -0.25) is 4.57 Å². The number of anilines is 1. The minimum absolute atomic E-state index is 0.133. The Hall–Kier alpha value is -2.59. The van der Waals surface area contributed by atoms with Crippen molar-refractivity contribution in [1.82, 2.24) is 19.5 Å². The molecular formula is C18H21N5O4. The molecule has 0 radical (unpaired) electrons. The number of aliphatic hydroxyl groups is 2. The Bertz CT molecular complexity index is 919. The van der Waals surface area contributed by atoms with Crippen LogP contribution in [0.2, 0.25) is 0 Å². The predicted octanol–water partition coefficient (Wildman–Crippen LogP) is 0.805. The normalized spacial score (nSPS) is 26.5. The zero-order chi connectivity index (χ0) is 19.0. The van der Waals surface area contributed by atoms with Crippen LogP contribution in [0.1, 0.15) is 24.8 Å². The van der Waals surface area contributed by atoms with Gasteiger partial charge in [-0.25, -0.2) is 15.0 Å². The summed E-state index contributed by atoms with van der Waals surface area (Å²) in [6, 6.07) is 9.75. The third-order valence-corrected chi connectivity index (χ3v) is 4.78. The van der Waals surface area contributed by atoms with E-state index in [4.69, 9.17) is 15.2 Å². The van der Waals surface area contributed by atoms with Gasteiger partial charge in [-0.15, -0.1) is 0 Å². The summed E-state index contributed by atoms with van der Waals surface area (Å²) in [7, 11) is 0. The van der Waals surface area contributed by atoms with Gasteiger partial charge in [-0.05, 0) is 12.5 Å². The van der Waals surface area contributed by atoms with Crippen LogP contribution in [0.4, 0.5) is 5.82 Å². The maximum Gasteiger partial charge on any atom is 0.167 e. The Kier molecular flexibility index (Phi) is 4.75. The second-order valence-corrected chi connectivity index (χ2v) is 6.52. The predicted molar refractivity (Wildman–Crippen MR) is 96.5 cm³/mol. The molecule has 2 aromatic heterocycles. The quantitative estimate of drug-likeness (QED) is 0.601. The van der Waals surface area contributed by atoms with Crippen LogP contribution in [0.15, 0.2) is 43.0 Å². The molecule has 0 spiro atoms. The molecule has 27 heavy (non-hydrogen) atoms. The average molecular weight is 371 g/mol. The number of hydrogen-bond acceptors (Lipinski definition) is 8. The average Bonchev–Trinajstić information content (AvgIpc) is 3.23. The van der Waals surface area contributed by atoms with Crippen LogP contribution in [0.5, 0.6) is 0 Å². The first-order valence-electron chi connectivity index (χ1n) is 8.67. The second kappa shape index (κ2) is 7.20. The lowest BCUT2D eigenvalue weighted by Crippen LogP contribution is -2.34. The van der Waals surface area contributed by atoms with Crippen LogP contribution in [-0.4, -0.2) is 54.7 Å². The highest BCUT2D eigenvalue weighted by Crippen LogP contribution is 2.32. The number of imidazole rings is 1. The number of rotatable bonds is 5. The summed E-state index contributed by atoms with van der Waals surface area (Å²) in [5, 5.41) is 20.8. The van der Waals surface area contributed by atoms with E-state index in [0.717, 1.165) is 5.56 Å². The molecule has 3 aromatic rings. The van der Waals surface area contributed by atoms with E-state index in [9.17, 15) is 10.2 Å². The summed E-state index contributed by atoms with van der Waals surface area (Å²) in [5.74, 6) is 0.239. The van der Waals surface area contributed by atoms with Crippen molar-refractivity contribution in [3.05, 3.63) is 48.5 Å². The Morgan fingerprint density at radius 2 is 1.96 bits per heavy atom. The molecule has 1 aromatic carbocycles. The van der Waals surface area contributed by atoms with Crippen LogP contribution in [0.3, 0.4) is 0 Å². The summed E-state index contributed by atoms with van der Waals surface area (Å²) in [6.45, 7) is 2.06. The SMILES string of the molecule is CC(OC[C@H]1O[C@@H](n2cnc3c(N)ncnc32)[C@H](O)[C@@H]1O)c1ccccc1. The first-order chi connectivity index (χ1) is 13.1. The van der Waals surface area contributed by atoms with Crippen molar-refractivity contribution in [2.24, 2.45) is 0 Å². The van der Waals surface area contributed by atoms with Gasteiger partial charge in [-0.1, -0.05) is 30.3 Å². The molecule has 5 atom stereocenters. The Balaban J connectivity index is 1.48. The van der Waals surface area contributed by atoms with E-state index in [2.05, 4.69) is 15.0 Å². The number of nitrogens with two attached hydrogens (primary N) is 1. The van der Waals surface area contributed by atoms with Gasteiger partial charge >= 0.3 is 0 Å². The summed E-state index contributed by atoms with van der Waals surface area (Å²) < 4.78 is 13.2.